The number of aliphatic hydroxyl groups excluding tert-OH is 4. The van der Waals surface area contributed by atoms with Gasteiger partial charge >= 0.3 is 0 Å². The van der Waals surface area contributed by atoms with Crippen molar-refractivity contribution >= 4 is 35.1 Å². The summed E-state index contributed by atoms with van der Waals surface area (Å²) in [5, 5.41) is 46.5. The predicted octanol–water partition coefficient (Wildman–Crippen LogP) is 1.76. The molecule has 1 saturated heterocycles. The van der Waals surface area contributed by atoms with Gasteiger partial charge in [-0.3, -0.25) is 9.59 Å². The van der Waals surface area contributed by atoms with Crippen molar-refractivity contribution in [3.63, 3.8) is 0 Å². The molecule has 0 bridgehead atoms. The molecule has 2 amide bonds. The Hall–Kier alpha value is -3.11. The standard InChI is InChI=1S/C37H61ClN8O6/c1-3-4-5-8-15-45(24-30(49)33(51)29(48)14-19-47)16-13-31(50)46-17-11-26(12-18-46)21-41-22-27(20-28-10-7-6-9-25(28)2)23-42-37(52)32-35(39)44-36(40)34(38)43-32/h6-7,9-10,26-27,29-30,33,41,47-49,51H,3-5,8,11-24H2,1-2H3,(H,42,52)(H4,39,40,44)/t27-,29-,30+,33+/m1/s1. The van der Waals surface area contributed by atoms with Gasteiger partial charge in [0.25, 0.3) is 5.91 Å². The highest BCUT2D eigenvalue weighted by atomic mass is 35.5. The minimum atomic E-state index is -1.37. The van der Waals surface area contributed by atoms with E-state index in [1.807, 2.05) is 21.9 Å². The largest absolute Gasteiger partial charge is 0.396 e. The van der Waals surface area contributed by atoms with Crippen LogP contribution in [0, 0.1) is 18.8 Å². The zero-order valence-corrected chi connectivity index (χ0v) is 31.6. The number of nitrogen functional groups attached to an aromatic ring is 2. The Labute approximate surface area is 313 Å². The number of likely N-dealkylation sites (tertiary alicyclic amines) is 1. The van der Waals surface area contributed by atoms with Crippen LogP contribution in [-0.4, -0.2) is 129 Å². The number of halogens is 1. The number of rotatable bonds is 23. The van der Waals surface area contributed by atoms with Crippen molar-refractivity contribution in [3.05, 3.63) is 46.2 Å². The topological polar surface area (TPSA) is 223 Å². The van der Waals surface area contributed by atoms with Crippen molar-refractivity contribution in [2.75, 3.05) is 70.4 Å². The van der Waals surface area contributed by atoms with Gasteiger partial charge in [0, 0.05) is 45.8 Å². The summed E-state index contributed by atoms with van der Waals surface area (Å²) < 4.78 is 0. The number of aryl methyl sites for hydroxylation is 1. The molecule has 0 radical (unpaired) electrons. The molecule has 3 rings (SSSR count). The van der Waals surface area contributed by atoms with Crippen LogP contribution in [-0.2, 0) is 11.2 Å². The van der Waals surface area contributed by atoms with E-state index in [1.54, 1.807) is 0 Å². The first-order valence-corrected chi connectivity index (χ1v) is 19.1. The number of piperidine rings is 1. The molecule has 0 aliphatic carbocycles. The highest BCUT2D eigenvalue weighted by Gasteiger charge is 2.28. The number of unbranched alkanes of at least 4 members (excludes halogenated alkanes) is 3. The van der Waals surface area contributed by atoms with Crippen molar-refractivity contribution in [2.24, 2.45) is 11.8 Å². The second-order valence-electron chi connectivity index (χ2n) is 14.1. The molecule has 1 aromatic heterocycles. The Morgan fingerprint density at radius 2 is 1.75 bits per heavy atom. The molecule has 4 atom stereocenters. The first-order chi connectivity index (χ1) is 24.9. The van der Waals surface area contributed by atoms with Gasteiger partial charge in [0.1, 0.15) is 6.10 Å². The number of hydrogen-bond donors (Lipinski definition) is 8. The normalized spacial score (nSPS) is 16.1. The van der Waals surface area contributed by atoms with E-state index < -0.39 is 24.2 Å². The summed E-state index contributed by atoms with van der Waals surface area (Å²) in [6, 6.07) is 8.19. The summed E-state index contributed by atoms with van der Waals surface area (Å²) in [5.41, 5.74) is 13.9. The monoisotopic (exact) mass is 748 g/mol. The second-order valence-corrected chi connectivity index (χ2v) is 14.4. The van der Waals surface area contributed by atoms with Crippen molar-refractivity contribution in [1.29, 1.82) is 0 Å². The lowest BCUT2D eigenvalue weighted by Gasteiger charge is -2.33. The number of carbonyl (C=O) groups excluding carboxylic acids is 2. The van der Waals surface area contributed by atoms with Gasteiger partial charge in [-0.05, 0) is 81.6 Å². The van der Waals surface area contributed by atoms with Gasteiger partial charge in [-0.1, -0.05) is 62.1 Å². The molecule has 2 aromatic rings. The molecular weight excluding hydrogens is 688 g/mol. The molecule has 15 heteroatoms. The van der Waals surface area contributed by atoms with Crippen LogP contribution in [0.4, 0.5) is 11.6 Å². The van der Waals surface area contributed by atoms with Crippen LogP contribution in [0.3, 0.4) is 0 Å². The molecule has 1 aromatic carbocycles. The first-order valence-electron chi connectivity index (χ1n) is 18.7. The lowest BCUT2D eigenvalue weighted by molar-refractivity contribution is -0.133. The summed E-state index contributed by atoms with van der Waals surface area (Å²) in [6.45, 7) is 8.40. The van der Waals surface area contributed by atoms with E-state index in [1.165, 1.54) is 11.1 Å². The lowest BCUT2D eigenvalue weighted by atomic mass is 9.94. The summed E-state index contributed by atoms with van der Waals surface area (Å²) in [6.07, 6.45) is 3.20. The van der Waals surface area contributed by atoms with Gasteiger partial charge < -0.3 is 52.3 Å². The van der Waals surface area contributed by atoms with E-state index in [4.69, 9.17) is 28.2 Å². The Kier molecular flexibility index (Phi) is 19.0. The van der Waals surface area contributed by atoms with Gasteiger partial charge in [0.05, 0.1) is 12.2 Å². The average Bonchev–Trinajstić information content (AvgIpc) is 3.13. The fourth-order valence-corrected chi connectivity index (χ4v) is 6.70. The van der Waals surface area contributed by atoms with Crippen molar-refractivity contribution in [3.8, 4) is 0 Å². The summed E-state index contributed by atoms with van der Waals surface area (Å²) in [5.74, 6) is -0.0309. The Bertz CT molecular complexity index is 1380. The van der Waals surface area contributed by atoms with Crippen LogP contribution in [0.2, 0.25) is 5.15 Å². The molecule has 0 spiro atoms. The van der Waals surface area contributed by atoms with Gasteiger partial charge in [-0.15, -0.1) is 0 Å². The number of nitrogens with one attached hydrogen (secondary N) is 2. The van der Waals surface area contributed by atoms with Crippen LogP contribution in [0.15, 0.2) is 24.3 Å². The maximum absolute atomic E-state index is 13.2. The molecule has 1 aliphatic heterocycles. The molecule has 0 saturated carbocycles. The van der Waals surface area contributed by atoms with Crippen LogP contribution in [0.5, 0.6) is 0 Å². The molecule has 1 fully saturated rings. The molecule has 52 heavy (non-hydrogen) atoms. The van der Waals surface area contributed by atoms with E-state index in [0.29, 0.717) is 51.6 Å². The number of benzene rings is 1. The van der Waals surface area contributed by atoms with E-state index in [2.05, 4.69) is 46.6 Å². The van der Waals surface area contributed by atoms with Gasteiger partial charge in [0.15, 0.2) is 22.5 Å². The van der Waals surface area contributed by atoms with Crippen LogP contribution >= 0.6 is 11.6 Å². The Morgan fingerprint density at radius 1 is 1.02 bits per heavy atom. The number of anilines is 2. The maximum atomic E-state index is 13.2. The zero-order valence-electron chi connectivity index (χ0n) is 30.9. The number of hydrogen-bond acceptors (Lipinski definition) is 12. The SMILES string of the molecule is CCCCCCN(CCC(=O)N1CCC(CNC[C@H](CNC(=O)c2nc(Cl)c(N)nc2N)Cc2ccccc2C)CC1)C[C@H](O)[C@@H](O)[C@H](O)CCO. The maximum Gasteiger partial charge on any atom is 0.273 e. The van der Waals surface area contributed by atoms with E-state index in [0.717, 1.165) is 51.5 Å². The fourth-order valence-electron chi connectivity index (χ4n) is 6.57. The van der Waals surface area contributed by atoms with Crippen LogP contribution in [0.1, 0.15) is 79.9 Å². The van der Waals surface area contributed by atoms with Crippen molar-refractivity contribution < 1.29 is 30.0 Å². The van der Waals surface area contributed by atoms with E-state index in [-0.39, 0.29) is 53.9 Å². The van der Waals surface area contributed by atoms with E-state index in [9.17, 15) is 24.9 Å². The summed E-state index contributed by atoms with van der Waals surface area (Å²) in [4.78, 5) is 38.0. The Morgan fingerprint density at radius 3 is 2.44 bits per heavy atom. The third kappa shape index (κ3) is 14.4. The molecule has 292 valence electrons. The first kappa shape index (κ1) is 43.3. The number of amides is 2. The molecule has 2 heterocycles. The van der Waals surface area contributed by atoms with Gasteiger partial charge in [0.2, 0.25) is 5.91 Å². The number of aliphatic hydroxyl groups is 4. The molecular formula is C37H61ClN8O6. The molecule has 1 aliphatic rings. The van der Waals surface area contributed by atoms with Crippen molar-refractivity contribution in [1.82, 2.24) is 30.4 Å². The highest BCUT2D eigenvalue weighted by Crippen LogP contribution is 2.20. The second kappa shape index (κ2) is 22.8. The third-order valence-electron chi connectivity index (χ3n) is 9.90. The lowest BCUT2D eigenvalue weighted by Crippen LogP contribution is -2.46. The number of carbonyl (C=O) groups is 2. The average molecular weight is 749 g/mol. The molecule has 10 N–H and O–H groups in total. The summed E-state index contributed by atoms with van der Waals surface area (Å²) >= 11 is 5.99. The Balaban J connectivity index is 1.48. The highest BCUT2D eigenvalue weighted by molar-refractivity contribution is 6.31. The van der Waals surface area contributed by atoms with Gasteiger partial charge in [-0.25, -0.2) is 9.97 Å². The number of nitrogens with two attached hydrogens (primary N) is 2. The molecule has 0 unspecified atom stereocenters. The number of nitrogens with zero attached hydrogens (tertiary/aromatic N) is 4. The van der Waals surface area contributed by atoms with Gasteiger partial charge in [-0.2, -0.15) is 0 Å². The van der Waals surface area contributed by atoms with E-state index >= 15 is 0 Å². The zero-order chi connectivity index (χ0) is 38.0. The smallest absolute Gasteiger partial charge is 0.273 e. The van der Waals surface area contributed by atoms with Crippen molar-refractivity contribution in [2.45, 2.75) is 89.9 Å². The van der Waals surface area contributed by atoms with Crippen LogP contribution < -0.4 is 22.1 Å². The van der Waals surface area contributed by atoms with Crippen LogP contribution in [0.25, 0.3) is 0 Å². The minimum Gasteiger partial charge on any atom is -0.396 e. The fraction of sp³-hybridized carbons (Fsp3) is 0.676. The quantitative estimate of drug-likeness (QED) is 0.0762. The number of aromatic nitrogens is 2. The minimum absolute atomic E-state index is 0.0157. The summed E-state index contributed by atoms with van der Waals surface area (Å²) in [7, 11) is 0. The predicted molar refractivity (Wildman–Crippen MR) is 204 cm³/mol. The third-order valence-corrected chi connectivity index (χ3v) is 10.2. The molecule has 14 nitrogen and oxygen atoms in total.